The van der Waals surface area contributed by atoms with E-state index in [0.29, 0.717) is 0 Å². The van der Waals surface area contributed by atoms with E-state index in [9.17, 15) is 0 Å². The molecular formula is C20H21N. The molecule has 0 aliphatic carbocycles. The summed E-state index contributed by atoms with van der Waals surface area (Å²) in [5.41, 5.74) is 6.57. The zero-order valence-electron chi connectivity index (χ0n) is 13.1. The Kier molecular flexibility index (Phi) is 3.42. The van der Waals surface area contributed by atoms with Gasteiger partial charge in [-0.2, -0.15) is 0 Å². The third-order valence-electron chi connectivity index (χ3n) is 4.37. The highest BCUT2D eigenvalue weighted by Gasteiger charge is 2.13. The van der Waals surface area contributed by atoms with Gasteiger partial charge in [0.25, 0.3) is 0 Å². The van der Waals surface area contributed by atoms with Crippen molar-refractivity contribution in [2.24, 2.45) is 0 Å². The van der Waals surface area contributed by atoms with E-state index >= 15 is 0 Å². The van der Waals surface area contributed by atoms with Crippen molar-refractivity contribution in [2.45, 2.75) is 20.8 Å². The Morgan fingerprint density at radius 1 is 0.714 bits per heavy atom. The number of hydrogen-bond donors (Lipinski definition) is 0. The minimum Gasteiger partial charge on any atom is -0.344 e. The summed E-state index contributed by atoms with van der Waals surface area (Å²) >= 11 is 0. The molecule has 3 aromatic rings. The van der Waals surface area contributed by atoms with Crippen LogP contribution in [0.5, 0.6) is 0 Å². The molecule has 0 unspecified atom stereocenters. The monoisotopic (exact) mass is 275 g/mol. The van der Waals surface area contributed by atoms with Gasteiger partial charge < -0.3 is 4.90 Å². The summed E-state index contributed by atoms with van der Waals surface area (Å²) in [6.07, 6.45) is 0. The van der Waals surface area contributed by atoms with Gasteiger partial charge in [-0.15, -0.1) is 0 Å². The van der Waals surface area contributed by atoms with E-state index in [4.69, 9.17) is 0 Å². The SMILES string of the molecule is Cc1ccc(C)c(N(C)c2cccc3ccccc23)c1C. The first-order valence-electron chi connectivity index (χ1n) is 7.38. The lowest BCUT2D eigenvalue weighted by Gasteiger charge is -2.26. The summed E-state index contributed by atoms with van der Waals surface area (Å²) in [6, 6.07) is 19.5. The van der Waals surface area contributed by atoms with E-state index in [1.807, 2.05) is 0 Å². The van der Waals surface area contributed by atoms with Gasteiger partial charge in [-0.1, -0.05) is 48.5 Å². The Morgan fingerprint density at radius 3 is 2.19 bits per heavy atom. The largest absolute Gasteiger partial charge is 0.344 e. The molecular weight excluding hydrogens is 254 g/mol. The zero-order chi connectivity index (χ0) is 15.0. The van der Waals surface area contributed by atoms with E-state index in [0.717, 1.165) is 0 Å². The lowest BCUT2D eigenvalue weighted by atomic mass is 10.0. The van der Waals surface area contributed by atoms with Gasteiger partial charge in [0.2, 0.25) is 0 Å². The van der Waals surface area contributed by atoms with Crippen molar-refractivity contribution in [3.63, 3.8) is 0 Å². The van der Waals surface area contributed by atoms with Crippen molar-refractivity contribution in [1.82, 2.24) is 0 Å². The lowest BCUT2D eigenvalue weighted by molar-refractivity contribution is 1.15. The molecule has 0 atom stereocenters. The molecule has 3 rings (SSSR count). The second-order valence-corrected chi connectivity index (χ2v) is 5.73. The average Bonchev–Trinajstić information content (AvgIpc) is 2.50. The van der Waals surface area contributed by atoms with Crippen LogP contribution in [0.4, 0.5) is 11.4 Å². The predicted octanol–water partition coefficient (Wildman–Crippen LogP) is 5.53. The fourth-order valence-electron chi connectivity index (χ4n) is 3.07. The molecule has 0 amide bonds. The highest BCUT2D eigenvalue weighted by Crippen LogP contribution is 2.35. The van der Waals surface area contributed by atoms with Crippen molar-refractivity contribution < 1.29 is 0 Å². The summed E-state index contributed by atoms with van der Waals surface area (Å²) in [4.78, 5) is 2.32. The van der Waals surface area contributed by atoms with Crippen LogP contribution in [0.3, 0.4) is 0 Å². The summed E-state index contributed by atoms with van der Waals surface area (Å²) in [5, 5.41) is 2.58. The predicted molar refractivity (Wildman–Crippen MR) is 92.7 cm³/mol. The van der Waals surface area contributed by atoms with Crippen LogP contribution in [0.2, 0.25) is 0 Å². The number of aryl methyl sites for hydroxylation is 2. The van der Waals surface area contributed by atoms with Crippen LogP contribution < -0.4 is 4.90 Å². The summed E-state index contributed by atoms with van der Waals surface area (Å²) in [6.45, 7) is 6.57. The van der Waals surface area contributed by atoms with E-state index in [1.54, 1.807) is 0 Å². The molecule has 0 saturated carbocycles. The first kappa shape index (κ1) is 13.7. The van der Waals surface area contributed by atoms with Crippen molar-refractivity contribution in [2.75, 3.05) is 11.9 Å². The van der Waals surface area contributed by atoms with Crippen molar-refractivity contribution in [1.29, 1.82) is 0 Å². The van der Waals surface area contributed by atoms with Gasteiger partial charge in [-0.05, 0) is 48.9 Å². The molecule has 106 valence electrons. The normalized spacial score (nSPS) is 10.9. The minimum atomic E-state index is 1.25. The Bertz CT molecular complexity index is 797. The lowest BCUT2D eigenvalue weighted by Crippen LogP contribution is -2.13. The van der Waals surface area contributed by atoms with Crippen LogP contribution in [0.15, 0.2) is 54.6 Å². The van der Waals surface area contributed by atoms with E-state index in [2.05, 4.69) is 87.3 Å². The topological polar surface area (TPSA) is 3.24 Å². The standard InChI is InChI=1S/C20H21N/c1-14-12-13-15(2)20(16(14)3)21(4)19-11-7-9-17-8-5-6-10-18(17)19/h5-13H,1-4H3. The van der Waals surface area contributed by atoms with Gasteiger partial charge in [0.05, 0.1) is 0 Å². The Hall–Kier alpha value is -2.28. The van der Waals surface area contributed by atoms with Gasteiger partial charge >= 0.3 is 0 Å². The molecule has 0 aromatic heterocycles. The average molecular weight is 275 g/mol. The zero-order valence-corrected chi connectivity index (χ0v) is 13.1. The first-order valence-corrected chi connectivity index (χ1v) is 7.38. The molecule has 0 spiro atoms. The fraction of sp³-hybridized carbons (Fsp3) is 0.200. The molecule has 3 aromatic carbocycles. The third-order valence-corrected chi connectivity index (χ3v) is 4.37. The van der Waals surface area contributed by atoms with Gasteiger partial charge in [0.1, 0.15) is 0 Å². The molecule has 0 aliphatic heterocycles. The molecule has 0 heterocycles. The van der Waals surface area contributed by atoms with Gasteiger partial charge in [-0.25, -0.2) is 0 Å². The van der Waals surface area contributed by atoms with E-state index in [1.165, 1.54) is 38.8 Å². The third kappa shape index (κ3) is 2.29. The number of hydrogen-bond acceptors (Lipinski definition) is 1. The molecule has 0 saturated heterocycles. The van der Waals surface area contributed by atoms with Crippen molar-refractivity contribution in [3.8, 4) is 0 Å². The van der Waals surface area contributed by atoms with E-state index in [-0.39, 0.29) is 0 Å². The summed E-state index contributed by atoms with van der Waals surface area (Å²) in [7, 11) is 2.16. The number of anilines is 2. The van der Waals surface area contributed by atoms with Crippen molar-refractivity contribution >= 4 is 22.1 Å². The molecule has 0 radical (unpaired) electrons. The maximum Gasteiger partial charge on any atom is 0.0487 e. The van der Waals surface area contributed by atoms with Crippen molar-refractivity contribution in [3.05, 3.63) is 71.3 Å². The van der Waals surface area contributed by atoms with Gasteiger partial charge in [-0.3, -0.25) is 0 Å². The number of benzene rings is 3. The highest BCUT2D eigenvalue weighted by atomic mass is 15.1. The maximum atomic E-state index is 2.32. The van der Waals surface area contributed by atoms with Gasteiger partial charge in [0.15, 0.2) is 0 Å². The summed E-state index contributed by atoms with van der Waals surface area (Å²) < 4.78 is 0. The minimum absolute atomic E-state index is 1.25. The molecule has 0 bridgehead atoms. The quantitative estimate of drug-likeness (QED) is 0.594. The van der Waals surface area contributed by atoms with Crippen LogP contribution in [0.1, 0.15) is 16.7 Å². The molecule has 1 heteroatoms. The smallest absolute Gasteiger partial charge is 0.0487 e. The molecule has 0 fully saturated rings. The van der Waals surface area contributed by atoms with E-state index < -0.39 is 0 Å². The maximum absolute atomic E-state index is 2.32. The van der Waals surface area contributed by atoms with Crippen LogP contribution in [-0.2, 0) is 0 Å². The molecule has 21 heavy (non-hydrogen) atoms. The number of rotatable bonds is 2. The first-order chi connectivity index (χ1) is 10.1. The van der Waals surface area contributed by atoms with Crippen LogP contribution >= 0.6 is 0 Å². The second kappa shape index (κ2) is 5.25. The molecule has 1 nitrogen and oxygen atoms in total. The van der Waals surface area contributed by atoms with Crippen LogP contribution in [-0.4, -0.2) is 7.05 Å². The Balaban J connectivity index is 2.22. The number of fused-ring (bicyclic) bond motifs is 1. The highest BCUT2D eigenvalue weighted by molar-refractivity contribution is 5.96. The summed E-state index contributed by atoms with van der Waals surface area (Å²) in [5.74, 6) is 0. The molecule has 0 aliphatic rings. The Morgan fingerprint density at radius 2 is 1.38 bits per heavy atom. The van der Waals surface area contributed by atoms with Gasteiger partial charge in [0, 0.05) is 23.8 Å². The second-order valence-electron chi connectivity index (χ2n) is 5.73. The fourth-order valence-corrected chi connectivity index (χ4v) is 3.07. The number of nitrogens with zero attached hydrogens (tertiary/aromatic N) is 1. The molecule has 0 N–H and O–H groups in total. The Labute approximate surface area is 126 Å². The van der Waals surface area contributed by atoms with Crippen LogP contribution in [0.25, 0.3) is 10.8 Å². The van der Waals surface area contributed by atoms with Crippen LogP contribution in [0, 0.1) is 20.8 Å².